The standard InChI is InChI=1S/C13H8BrF3O/c14-12-2-1-8(15)6-11(12)13(18)7-3-9(16)5-10(17)4-7/h1-6,13,18H. The molecule has 0 saturated heterocycles. The normalized spacial score (nSPS) is 12.5. The maximum Gasteiger partial charge on any atom is 0.126 e. The molecule has 1 atom stereocenters. The fourth-order valence-corrected chi connectivity index (χ4v) is 2.10. The fraction of sp³-hybridized carbons (Fsp3) is 0.0769. The molecule has 2 aromatic rings. The molecule has 0 aliphatic carbocycles. The lowest BCUT2D eigenvalue weighted by molar-refractivity contribution is 0.218. The third-order valence-corrected chi connectivity index (χ3v) is 3.18. The van der Waals surface area contributed by atoms with Gasteiger partial charge in [-0.3, -0.25) is 0 Å². The lowest BCUT2D eigenvalue weighted by Gasteiger charge is -2.13. The van der Waals surface area contributed by atoms with Crippen molar-refractivity contribution in [1.82, 2.24) is 0 Å². The predicted molar refractivity (Wildman–Crippen MR) is 64.5 cm³/mol. The summed E-state index contributed by atoms with van der Waals surface area (Å²) in [6.07, 6.45) is -1.31. The van der Waals surface area contributed by atoms with Crippen molar-refractivity contribution in [3.05, 3.63) is 69.4 Å². The van der Waals surface area contributed by atoms with Gasteiger partial charge in [0.05, 0.1) is 0 Å². The molecule has 2 aromatic carbocycles. The van der Waals surface area contributed by atoms with E-state index in [9.17, 15) is 18.3 Å². The Morgan fingerprint density at radius 2 is 1.50 bits per heavy atom. The molecule has 0 radical (unpaired) electrons. The minimum Gasteiger partial charge on any atom is -0.384 e. The summed E-state index contributed by atoms with van der Waals surface area (Å²) in [5.41, 5.74) is 0.235. The first-order valence-electron chi connectivity index (χ1n) is 5.06. The molecular weight excluding hydrogens is 309 g/mol. The van der Waals surface area contributed by atoms with Crippen LogP contribution in [0.1, 0.15) is 17.2 Å². The van der Waals surface area contributed by atoms with E-state index in [4.69, 9.17) is 0 Å². The van der Waals surface area contributed by atoms with Crippen molar-refractivity contribution in [2.24, 2.45) is 0 Å². The summed E-state index contributed by atoms with van der Waals surface area (Å²) in [5, 5.41) is 10.0. The number of rotatable bonds is 2. The zero-order valence-electron chi connectivity index (χ0n) is 9.00. The maximum absolute atomic E-state index is 13.1. The molecule has 0 aliphatic rings. The Morgan fingerprint density at radius 3 is 2.11 bits per heavy atom. The van der Waals surface area contributed by atoms with Crippen molar-refractivity contribution >= 4 is 15.9 Å². The summed E-state index contributed by atoms with van der Waals surface area (Å²) < 4.78 is 39.7. The van der Waals surface area contributed by atoms with Crippen LogP contribution in [-0.2, 0) is 0 Å². The zero-order valence-corrected chi connectivity index (χ0v) is 10.6. The van der Waals surface area contributed by atoms with E-state index in [1.54, 1.807) is 0 Å². The maximum atomic E-state index is 13.1. The molecule has 0 bridgehead atoms. The highest BCUT2D eigenvalue weighted by molar-refractivity contribution is 9.10. The number of aliphatic hydroxyl groups excluding tert-OH is 1. The molecule has 0 aliphatic heterocycles. The Hall–Kier alpha value is -1.33. The van der Waals surface area contributed by atoms with E-state index in [1.807, 2.05) is 0 Å². The van der Waals surface area contributed by atoms with Gasteiger partial charge in [-0.05, 0) is 35.9 Å². The third kappa shape index (κ3) is 2.73. The number of benzene rings is 2. The van der Waals surface area contributed by atoms with E-state index >= 15 is 0 Å². The molecule has 0 spiro atoms. The van der Waals surface area contributed by atoms with Gasteiger partial charge in [0.15, 0.2) is 0 Å². The number of hydrogen-bond acceptors (Lipinski definition) is 1. The number of aliphatic hydroxyl groups is 1. The van der Waals surface area contributed by atoms with Gasteiger partial charge < -0.3 is 5.11 Å². The third-order valence-electron chi connectivity index (χ3n) is 2.45. The van der Waals surface area contributed by atoms with E-state index in [1.165, 1.54) is 12.1 Å². The lowest BCUT2D eigenvalue weighted by atomic mass is 10.0. The predicted octanol–water partition coefficient (Wildman–Crippen LogP) is 3.95. The van der Waals surface area contributed by atoms with Crippen molar-refractivity contribution in [2.45, 2.75) is 6.10 Å². The average molecular weight is 317 g/mol. The lowest BCUT2D eigenvalue weighted by Crippen LogP contribution is -2.02. The highest BCUT2D eigenvalue weighted by Crippen LogP contribution is 2.29. The van der Waals surface area contributed by atoms with Crippen LogP contribution in [0.4, 0.5) is 13.2 Å². The summed E-state index contributed by atoms with van der Waals surface area (Å²) in [4.78, 5) is 0. The van der Waals surface area contributed by atoms with Gasteiger partial charge in [0.1, 0.15) is 23.6 Å². The Labute approximate surface area is 110 Å². The quantitative estimate of drug-likeness (QED) is 0.889. The molecule has 2 rings (SSSR count). The van der Waals surface area contributed by atoms with Crippen LogP contribution >= 0.6 is 15.9 Å². The van der Waals surface area contributed by atoms with Gasteiger partial charge in [-0.25, -0.2) is 13.2 Å². The van der Waals surface area contributed by atoms with Gasteiger partial charge in [0.2, 0.25) is 0 Å². The monoisotopic (exact) mass is 316 g/mol. The minimum atomic E-state index is -1.31. The summed E-state index contributed by atoms with van der Waals surface area (Å²) in [6.45, 7) is 0. The van der Waals surface area contributed by atoms with E-state index in [0.717, 1.165) is 18.2 Å². The highest BCUT2D eigenvalue weighted by Gasteiger charge is 2.16. The minimum absolute atomic E-state index is 0.0267. The summed E-state index contributed by atoms with van der Waals surface area (Å²) in [7, 11) is 0. The Balaban J connectivity index is 2.47. The van der Waals surface area contributed by atoms with E-state index in [2.05, 4.69) is 15.9 Å². The Morgan fingerprint density at radius 1 is 0.889 bits per heavy atom. The zero-order chi connectivity index (χ0) is 13.3. The van der Waals surface area contributed by atoms with Crippen molar-refractivity contribution in [1.29, 1.82) is 0 Å². The second-order valence-corrected chi connectivity index (χ2v) is 4.63. The molecule has 5 heteroatoms. The molecule has 1 unspecified atom stereocenters. The Kier molecular flexibility index (Phi) is 3.73. The van der Waals surface area contributed by atoms with Crippen LogP contribution in [-0.4, -0.2) is 5.11 Å². The highest BCUT2D eigenvalue weighted by atomic mass is 79.9. The van der Waals surface area contributed by atoms with Gasteiger partial charge in [-0.1, -0.05) is 15.9 Å². The smallest absolute Gasteiger partial charge is 0.126 e. The first kappa shape index (κ1) is 13.1. The van der Waals surface area contributed by atoms with Crippen LogP contribution in [0.3, 0.4) is 0 Å². The summed E-state index contributed by atoms with van der Waals surface area (Å²) >= 11 is 3.15. The molecular formula is C13H8BrF3O. The fourth-order valence-electron chi connectivity index (χ4n) is 1.64. The first-order chi connectivity index (χ1) is 8.47. The summed E-state index contributed by atoms with van der Waals surface area (Å²) in [5.74, 6) is -2.13. The van der Waals surface area contributed by atoms with Gasteiger partial charge in [0, 0.05) is 16.1 Å². The van der Waals surface area contributed by atoms with Crippen LogP contribution in [0.25, 0.3) is 0 Å². The molecule has 94 valence electrons. The number of hydrogen-bond donors (Lipinski definition) is 1. The van der Waals surface area contributed by atoms with Gasteiger partial charge in [0.25, 0.3) is 0 Å². The van der Waals surface area contributed by atoms with Crippen LogP contribution in [0.2, 0.25) is 0 Å². The Bertz CT molecular complexity index is 566. The van der Waals surface area contributed by atoms with Gasteiger partial charge in [-0.15, -0.1) is 0 Å². The molecule has 0 saturated carbocycles. The van der Waals surface area contributed by atoms with Crippen LogP contribution in [0.5, 0.6) is 0 Å². The van der Waals surface area contributed by atoms with Crippen molar-refractivity contribution in [2.75, 3.05) is 0 Å². The molecule has 18 heavy (non-hydrogen) atoms. The van der Waals surface area contributed by atoms with E-state index in [0.29, 0.717) is 10.5 Å². The SMILES string of the molecule is OC(c1cc(F)cc(F)c1)c1cc(F)ccc1Br. The van der Waals surface area contributed by atoms with Crippen molar-refractivity contribution in [3.8, 4) is 0 Å². The second-order valence-electron chi connectivity index (χ2n) is 3.77. The van der Waals surface area contributed by atoms with Crippen molar-refractivity contribution < 1.29 is 18.3 Å². The van der Waals surface area contributed by atoms with Gasteiger partial charge in [-0.2, -0.15) is 0 Å². The van der Waals surface area contributed by atoms with Crippen LogP contribution < -0.4 is 0 Å². The first-order valence-corrected chi connectivity index (χ1v) is 5.85. The second kappa shape index (κ2) is 5.12. The van der Waals surface area contributed by atoms with E-state index in [-0.39, 0.29) is 11.1 Å². The molecule has 0 amide bonds. The molecule has 0 fully saturated rings. The topological polar surface area (TPSA) is 20.2 Å². The molecule has 1 nitrogen and oxygen atoms in total. The van der Waals surface area contributed by atoms with Crippen LogP contribution in [0, 0.1) is 17.5 Å². The largest absolute Gasteiger partial charge is 0.384 e. The van der Waals surface area contributed by atoms with Crippen LogP contribution in [0.15, 0.2) is 40.9 Å². The molecule has 0 heterocycles. The number of halogens is 4. The summed E-state index contributed by atoms with van der Waals surface area (Å²) in [6, 6.07) is 6.46. The van der Waals surface area contributed by atoms with E-state index < -0.39 is 23.6 Å². The van der Waals surface area contributed by atoms with Crippen molar-refractivity contribution in [3.63, 3.8) is 0 Å². The average Bonchev–Trinajstić information content (AvgIpc) is 2.30. The molecule has 1 N–H and O–H groups in total. The van der Waals surface area contributed by atoms with Gasteiger partial charge >= 0.3 is 0 Å². The molecule has 0 aromatic heterocycles.